The number of methoxy groups -OCH3 is 2. The largest absolute Gasteiger partial charge is 0.495 e. The van der Waals surface area contributed by atoms with E-state index in [9.17, 15) is 4.57 Å². The molecule has 0 aliphatic carbocycles. The monoisotopic (exact) mass is 992 g/mol. The minimum atomic E-state index is -2.55. The van der Waals surface area contributed by atoms with Crippen molar-refractivity contribution in [1.82, 2.24) is 10.6 Å². The Morgan fingerprint density at radius 2 is 0.939 bits per heavy atom. The molecule has 66 heavy (non-hydrogen) atoms. The third-order valence-electron chi connectivity index (χ3n) is 10.9. The van der Waals surface area contributed by atoms with Crippen molar-refractivity contribution in [2.24, 2.45) is 0 Å². The number of rotatable bonds is 32. The van der Waals surface area contributed by atoms with Crippen LogP contribution in [0.15, 0.2) is 108 Å². The second-order valence-electron chi connectivity index (χ2n) is 15.9. The van der Waals surface area contributed by atoms with Gasteiger partial charge in [0.1, 0.15) is 23.0 Å². The maximum absolute atomic E-state index is 12.4. The maximum atomic E-state index is 12.4. The van der Waals surface area contributed by atoms with Gasteiger partial charge in [-0.15, -0.1) is 22.7 Å². The second-order valence-corrected chi connectivity index (χ2v) is 19.7. The number of hydrogen-bond donors (Lipinski definition) is 2. The zero-order valence-electron chi connectivity index (χ0n) is 38.1. The van der Waals surface area contributed by atoms with Gasteiger partial charge in [-0.2, -0.15) is 0 Å². The molecule has 9 nitrogen and oxygen atoms in total. The van der Waals surface area contributed by atoms with Crippen molar-refractivity contribution in [3.63, 3.8) is 0 Å². The molecule has 0 amide bonds. The molecule has 4 aromatic carbocycles. The minimum Gasteiger partial charge on any atom is -0.495 e. The van der Waals surface area contributed by atoms with Gasteiger partial charge < -0.3 is 38.6 Å². The van der Waals surface area contributed by atoms with Crippen molar-refractivity contribution in [3.8, 4) is 43.9 Å². The summed E-state index contributed by atoms with van der Waals surface area (Å²) in [6, 6.07) is 33.2. The Kier molecular flexibility index (Phi) is 22.7. The van der Waals surface area contributed by atoms with Crippen LogP contribution in [-0.4, -0.2) is 53.7 Å². The Labute approximate surface area is 410 Å². The average molecular weight is 994 g/mol. The highest BCUT2D eigenvalue weighted by Gasteiger charge is 2.12. The molecule has 2 N–H and O–H groups in total. The van der Waals surface area contributed by atoms with E-state index in [4.69, 9.17) is 51.2 Å². The minimum absolute atomic E-state index is 0.372. The van der Waals surface area contributed by atoms with Crippen LogP contribution in [0.25, 0.3) is 20.9 Å². The summed E-state index contributed by atoms with van der Waals surface area (Å²) in [5.74, 6) is 3.22. The first-order valence-corrected chi connectivity index (χ1v) is 26.6. The molecular weight excluding hydrogens is 931 g/mol. The van der Waals surface area contributed by atoms with E-state index in [2.05, 4.69) is 94.2 Å². The summed E-state index contributed by atoms with van der Waals surface area (Å²) in [7, 11) is 0.719. The van der Waals surface area contributed by atoms with Gasteiger partial charge in [-0.05, 0) is 171 Å². The number of hydrogen-bond acceptors (Lipinski definition) is 11. The smallest absolute Gasteiger partial charge is 0.319 e. The summed E-state index contributed by atoms with van der Waals surface area (Å²) in [6.07, 6.45) is 9.64. The van der Waals surface area contributed by atoms with Crippen LogP contribution < -0.4 is 29.6 Å². The SMILES string of the molecule is COc1ccc(CCCCCOc2ccc(CNCCCO[PH](=O)OCCCNCc3ccc(OCCCCCc4ccc(OC)c(Cl)c4)c(-c4cccs4)c3)cc2-c2cccs2)cc1Cl. The lowest BCUT2D eigenvalue weighted by Crippen LogP contribution is -2.16. The Bertz CT molecular complexity index is 2190. The lowest BCUT2D eigenvalue weighted by atomic mass is 10.1. The van der Waals surface area contributed by atoms with Crippen molar-refractivity contribution in [2.75, 3.05) is 53.7 Å². The average Bonchev–Trinajstić information content (AvgIpc) is 4.08. The fourth-order valence-electron chi connectivity index (χ4n) is 7.40. The van der Waals surface area contributed by atoms with Gasteiger partial charge in [0, 0.05) is 34.0 Å². The lowest BCUT2D eigenvalue weighted by molar-refractivity contribution is 0.220. The summed E-state index contributed by atoms with van der Waals surface area (Å²) in [5, 5.41) is 12.5. The number of unbranched alkanes of at least 4 members (excludes halogenated alkanes) is 4. The summed E-state index contributed by atoms with van der Waals surface area (Å²) in [4.78, 5) is 2.37. The number of benzene rings is 4. The topological polar surface area (TPSA) is 96.5 Å². The van der Waals surface area contributed by atoms with E-state index in [-0.39, 0.29) is 0 Å². The van der Waals surface area contributed by atoms with E-state index < -0.39 is 8.25 Å². The van der Waals surface area contributed by atoms with Gasteiger partial charge in [0.15, 0.2) is 0 Å². The van der Waals surface area contributed by atoms with E-state index in [1.54, 1.807) is 36.9 Å². The fraction of sp³-hybridized carbons (Fsp3) is 0.385. The molecule has 6 rings (SSSR count). The predicted molar refractivity (Wildman–Crippen MR) is 275 cm³/mol. The van der Waals surface area contributed by atoms with E-state index in [0.717, 1.165) is 99.9 Å². The maximum Gasteiger partial charge on any atom is 0.319 e. The van der Waals surface area contributed by atoms with Gasteiger partial charge in [-0.25, -0.2) is 0 Å². The molecule has 0 aliphatic heterocycles. The van der Waals surface area contributed by atoms with E-state index in [0.29, 0.717) is 61.1 Å². The van der Waals surface area contributed by atoms with Crippen molar-refractivity contribution in [3.05, 3.63) is 140 Å². The van der Waals surface area contributed by atoms with E-state index in [1.165, 1.54) is 32.0 Å². The molecule has 0 saturated carbocycles. The number of ether oxygens (including phenoxy) is 4. The van der Waals surface area contributed by atoms with E-state index in [1.807, 2.05) is 24.3 Å². The van der Waals surface area contributed by atoms with Crippen molar-refractivity contribution < 1.29 is 32.6 Å². The predicted octanol–water partition coefficient (Wildman–Crippen LogP) is 14.1. The first-order valence-electron chi connectivity index (χ1n) is 22.8. The first-order chi connectivity index (χ1) is 32.4. The van der Waals surface area contributed by atoms with Gasteiger partial charge in [0.05, 0.1) is 50.7 Å². The Hall–Kier alpha value is -3.87. The van der Waals surface area contributed by atoms with Crippen molar-refractivity contribution in [1.29, 1.82) is 0 Å². The van der Waals surface area contributed by atoms with Crippen LogP contribution in [0.1, 0.15) is 73.6 Å². The molecule has 0 unspecified atom stereocenters. The van der Waals surface area contributed by atoms with Gasteiger partial charge in [-0.3, -0.25) is 4.57 Å². The van der Waals surface area contributed by atoms with Crippen LogP contribution in [-0.2, 0) is 39.5 Å². The summed E-state index contributed by atoms with van der Waals surface area (Å²) in [6.45, 7) is 4.97. The highest BCUT2D eigenvalue weighted by Crippen LogP contribution is 2.36. The standard InChI is InChI=1S/C52H63Cl2N2O7PS2/c1-58-49-23-17-39(35-45(49)53)13-5-3-7-27-60-47-21-19-41(33-43(47)51-15-9-31-65-51)37-55-25-11-29-62-64(57)63-30-12-26-56-38-42-20-22-48(44(34-42)52-16-10-32-66-52)61-28-8-4-6-14-40-18-24-50(59-2)46(54)36-40/h9-10,15-24,31-36,55-56,64H,3-8,11-14,25-30,37-38H2,1-2H3. The summed E-state index contributed by atoms with van der Waals surface area (Å²) >= 11 is 16.0. The molecule has 0 saturated heterocycles. The normalized spacial score (nSPS) is 11.3. The molecule has 0 radical (unpaired) electrons. The van der Waals surface area contributed by atoms with Crippen LogP contribution in [0, 0.1) is 0 Å². The molecule has 2 aromatic heterocycles. The van der Waals surface area contributed by atoms with Gasteiger partial charge in [-0.1, -0.05) is 59.6 Å². The van der Waals surface area contributed by atoms with Crippen LogP contribution in [0.2, 0.25) is 10.0 Å². The highest BCUT2D eigenvalue weighted by molar-refractivity contribution is 7.33. The Morgan fingerprint density at radius 3 is 1.35 bits per heavy atom. The number of nitrogens with one attached hydrogen (secondary N) is 2. The highest BCUT2D eigenvalue weighted by atomic mass is 35.5. The molecule has 6 aromatic rings. The lowest BCUT2D eigenvalue weighted by Gasteiger charge is -2.13. The molecule has 354 valence electrons. The van der Waals surface area contributed by atoms with Crippen LogP contribution in [0.3, 0.4) is 0 Å². The zero-order chi connectivity index (χ0) is 46.2. The molecular formula is C52H63Cl2N2O7PS2. The molecule has 14 heteroatoms. The molecule has 0 bridgehead atoms. The Balaban J connectivity index is 0.806. The summed E-state index contributed by atoms with van der Waals surface area (Å²) < 4.78 is 46.5. The van der Waals surface area contributed by atoms with E-state index >= 15 is 0 Å². The van der Waals surface area contributed by atoms with Gasteiger partial charge in [0.2, 0.25) is 0 Å². The quantitative estimate of drug-likeness (QED) is 0.0316. The third kappa shape index (κ3) is 17.3. The molecule has 0 atom stereocenters. The molecule has 0 aliphatic rings. The molecule has 2 heterocycles. The van der Waals surface area contributed by atoms with Crippen molar-refractivity contribution in [2.45, 2.75) is 77.3 Å². The summed E-state index contributed by atoms with van der Waals surface area (Å²) in [5.41, 5.74) is 7.01. The number of thiophene rings is 2. The molecule has 0 spiro atoms. The van der Waals surface area contributed by atoms with Crippen LogP contribution >= 0.6 is 54.1 Å². The fourth-order valence-corrected chi connectivity index (χ4v) is 10.2. The van der Waals surface area contributed by atoms with Gasteiger partial charge in [0.25, 0.3) is 0 Å². The first kappa shape index (κ1) is 51.5. The molecule has 0 fully saturated rings. The van der Waals surface area contributed by atoms with Gasteiger partial charge >= 0.3 is 8.25 Å². The second kappa shape index (κ2) is 29.1. The Morgan fingerprint density at radius 1 is 0.500 bits per heavy atom. The van der Waals surface area contributed by atoms with Crippen LogP contribution in [0.4, 0.5) is 0 Å². The zero-order valence-corrected chi connectivity index (χ0v) is 42.2. The number of halogens is 2. The van der Waals surface area contributed by atoms with Crippen LogP contribution in [0.5, 0.6) is 23.0 Å². The number of aryl methyl sites for hydroxylation is 2. The third-order valence-corrected chi connectivity index (χ3v) is 14.2. The van der Waals surface area contributed by atoms with Crippen molar-refractivity contribution >= 4 is 54.1 Å².